The van der Waals surface area contributed by atoms with Crippen LogP contribution in [0.2, 0.25) is 0 Å². The second-order valence-corrected chi connectivity index (χ2v) is 5.96. The van der Waals surface area contributed by atoms with Gasteiger partial charge in [0.05, 0.1) is 19.3 Å². The number of piperazine rings is 1. The quantitative estimate of drug-likeness (QED) is 0.827. The van der Waals surface area contributed by atoms with E-state index in [-0.39, 0.29) is 0 Å². The lowest BCUT2D eigenvalue weighted by molar-refractivity contribution is 0.0702. The van der Waals surface area contributed by atoms with E-state index in [1.807, 2.05) is 25.1 Å². The third-order valence-electron chi connectivity index (χ3n) is 4.14. The molecule has 2 aromatic rings. The number of hydrogen-bond acceptors (Lipinski definition) is 7. The molecule has 0 aromatic carbocycles. The van der Waals surface area contributed by atoms with E-state index in [0.717, 1.165) is 44.2 Å². The Morgan fingerprint density at radius 3 is 2.83 bits per heavy atom. The van der Waals surface area contributed by atoms with Gasteiger partial charge in [0.2, 0.25) is 11.8 Å². The Balaban J connectivity index is 1.55. The second-order valence-electron chi connectivity index (χ2n) is 5.96. The van der Waals surface area contributed by atoms with Crippen molar-refractivity contribution >= 4 is 0 Å². The maximum Gasteiger partial charge on any atom is 0.223 e. The highest BCUT2D eigenvalue weighted by Crippen LogP contribution is 2.16. The molecule has 0 aliphatic carbocycles. The summed E-state index contributed by atoms with van der Waals surface area (Å²) in [5, 5.41) is 3.98. The van der Waals surface area contributed by atoms with Gasteiger partial charge in [-0.15, -0.1) is 0 Å². The average Bonchev–Trinajstić information content (AvgIpc) is 2.95. The molecule has 124 valence electrons. The average molecular weight is 317 g/mol. The Kier molecular flexibility index (Phi) is 4.88. The van der Waals surface area contributed by atoms with Gasteiger partial charge in [-0.2, -0.15) is 4.98 Å². The van der Waals surface area contributed by atoms with Crippen molar-refractivity contribution in [1.29, 1.82) is 0 Å². The van der Waals surface area contributed by atoms with Crippen molar-refractivity contribution in [2.24, 2.45) is 0 Å². The molecule has 1 aliphatic heterocycles. The Morgan fingerprint density at radius 2 is 2.13 bits per heavy atom. The van der Waals surface area contributed by atoms with Gasteiger partial charge in [-0.3, -0.25) is 9.80 Å². The fraction of sp³-hybridized carbons (Fsp3) is 0.562. The summed E-state index contributed by atoms with van der Waals surface area (Å²) in [6.45, 7) is 8.61. The molecule has 1 unspecified atom stereocenters. The van der Waals surface area contributed by atoms with Crippen LogP contribution < -0.4 is 4.74 Å². The van der Waals surface area contributed by atoms with E-state index in [4.69, 9.17) is 9.26 Å². The predicted molar refractivity (Wildman–Crippen MR) is 85.0 cm³/mol. The first kappa shape index (κ1) is 15.9. The number of nitrogens with zero attached hydrogens (tertiary/aromatic N) is 5. The summed E-state index contributed by atoms with van der Waals surface area (Å²) in [4.78, 5) is 13.6. The number of rotatable bonds is 5. The lowest BCUT2D eigenvalue weighted by atomic mass is 10.1. The SMILES string of the molecule is COc1cccc(CN2CCN(Cc3noc(C)n3)CC2C)n1. The molecule has 1 atom stereocenters. The molecule has 1 aliphatic rings. The van der Waals surface area contributed by atoms with Crippen molar-refractivity contribution < 1.29 is 9.26 Å². The lowest BCUT2D eigenvalue weighted by Crippen LogP contribution is -2.51. The minimum absolute atomic E-state index is 0.449. The lowest BCUT2D eigenvalue weighted by Gasteiger charge is -2.39. The molecule has 23 heavy (non-hydrogen) atoms. The van der Waals surface area contributed by atoms with Crippen LogP contribution in [-0.4, -0.2) is 57.7 Å². The first-order chi connectivity index (χ1) is 11.1. The van der Waals surface area contributed by atoms with Crippen LogP contribution in [0.5, 0.6) is 5.88 Å². The van der Waals surface area contributed by atoms with E-state index in [1.54, 1.807) is 7.11 Å². The van der Waals surface area contributed by atoms with Crippen molar-refractivity contribution in [1.82, 2.24) is 24.9 Å². The summed E-state index contributed by atoms with van der Waals surface area (Å²) in [5.74, 6) is 2.05. The van der Waals surface area contributed by atoms with E-state index in [9.17, 15) is 0 Å². The van der Waals surface area contributed by atoms with Gasteiger partial charge in [-0.1, -0.05) is 11.2 Å². The van der Waals surface area contributed by atoms with Crippen LogP contribution in [-0.2, 0) is 13.1 Å². The number of hydrogen-bond donors (Lipinski definition) is 0. The molecule has 3 rings (SSSR count). The second kappa shape index (κ2) is 7.06. The predicted octanol–water partition coefficient (Wildman–Crippen LogP) is 1.49. The topological polar surface area (TPSA) is 67.5 Å². The number of aryl methyl sites for hydroxylation is 1. The molecule has 0 bridgehead atoms. The molecule has 0 spiro atoms. The molecule has 0 N–H and O–H groups in total. The Morgan fingerprint density at radius 1 is 1.26 bits per heavy atom. The third-order valence-corrected chi connectivity index (χ3v) is 4.14. The van der Waals surface area contributed by atoms with E-state index in [1.165, 1.54) is 0 Å². The van der Waals surface area contributed by atoms with Gasteiger partial charge in [0.1, 0.15) is 0 Å². The summed E-state index contributed by atoms with van der Waals surface area (Å²) < 4.78 is 10.2. The van der Waals surface area contributed by atoms with Crippen molar-refractivity contribution in [2.75, 3.05) is 26.7 Å². The minimum atomic E-state index is 0.449. The molecule has 0 saturated carbocycles. The van der Waals surface area contributed by atoms with E-state index < -0.39 is 0 Å². The summed E-state index contributed by atoms with van der Waals surface area (Å²) in [6, 6.07) is 6.35. The zero-order valence-electron chi connectivity index (χ0n) is 13.9. The molecule has 7 heteroatoms. The van der Waals surface area contributed by atoms with Crippen LogP contribution in [0.15, 0.2) is 22.7 Å². The van der Waals surface area contributed by atoms with Crippen LogP contribution in [0, 0.1) is 6.92 Å². The van der Waals surface area contributed by atoms with Crippen molar-refractivity contribution in [3.8, 4) is 5.88 Å². The van der Waals surface area contributed by atoms with Crippen molar-refractivity contribution in [3.63, 3.8) is 0 Å². The van der Waals surface area contributed by atoms with Gasteiger partial charge < -0.3 is 9.26 Å². The molecule has 0 amide bonds. The van der Waals surface area contributed by atoms with Crippen LogP contribution in [0.4, 0.5) is 0 Å². The highest BCUT2D eigenvalue weighted by molar-refractivity contribution is 5.15. The highest BCUT2D eigenvalue weighted by Gasteiger charge is 2.25. The first-order valence-corrected chi connectivity index (χ1v) is 7.89. The zero-order chi connectivity index (χ0) is 16.2. The first-order valence-electron chi connectivity index (χ1n) is 7.89. The maximum atomic E-state index is 5.20. The minimum Gasteiger partial charge on any atom is -0.481 e. The van der Waals surface area contributed by atoms with Gasteiger partial charge >= 0.3 is 0 Å². The van der Waals surface area contributed by atoms with Crippen LogP contribution >= 0.6 is 0 Å². The number of pyridine rings is 1. The molecular formula is C16H23N5O2. The third kappa shape index (κ3) is 4.05. The van der Waals surface area contributed by atoms with E-state index in [0.29, 0.717) is 17.8 Å². The van der Waals surface area contributed by atoms with Crippen LogP contribution in [0.1, 0.15) is 24.3 Å². The Labute approximate surface area is 136 Å². The molecule has 1 saturated heterocycles. The molecule has 0 radical (unpaired) electrons. The van der Waals surface area contributed by atoms with Gasteiger partial charge in [-0.25, -0.2) is 4.98 Å². The van der Waals surface area contributed by atoms with Gasteiger partial charge in [0.15, 0.2) is 5.82 Å². The molecule has 2 aromatic heterocycles. The Hall–Kier alpha value is -1.99. The largest absolute Gasteiger partial charge is 0.481 e. The fourth-order valence-corrected chi connectivity index (χ4v) is 2.92. The molecule has 7 nitrogen and oxygen atoms in total. The monoisotopic (exact) mass is 317 g/mol. The normalized spacial score (nSPS) is 19.9. The fourth-order valence-electron chi connectivity index (χ4n) is 2.92. The zero-order valence-corrected chi connectivity index (χ0v) is 13.9. The summed E-state index contributed by atoms with van der Waals surface area (Å²) in [5.41, 5.74) is 1.04. The van der Waals surface area contributed by atoms with Crippen molar-refractivity contribution in [2.45, 2.75) is 33.0 Å². The van der Waals surface area contributed by atoms with Gasteiger partial charge in [0.25, 0.3) is 0 Å². The smallest absolute Gasteiger partial charge is 0.223 e. The standard InChI is InChI=1S/C16H23N5O2/c1-12-9-20(11-15-17-13(2)23-19-15)7-8-21(12)10-14-5-4-6-16(18-14)22-3/h4-6,12H,7-11H2,1-3H3. The summed E-state index contributed by atoms with van der Waals surface area (Å²) in [6.07, 6.45) is 0. The van der Waals surface area contributed by atoms with E-state index in [2.05, 4.69) is 31.8 Å². The summed E-state index contributed by atoms with van der Waals surface area (Å²) in [7, 11) is 1.65. The molecular weight excluding hydrogens is 294 g/mol. The van der Waals surface area contributed by atoms with Crippen molar-refractivity contribution in [3.05, 3.63) is 35.6 Å². The van der Waals surface area contributed by atoms with E-state index >= 15 is 0 Å². The summed E-state index contributed by atoms with van der Waals surface area (Å²) >= 11 is 0. The maximum absolute atomic E-state index is 5.20. The van der Waals surface area contributed by atoms with Crippen LogP contribution in [0.3, 0.4) is 0 Å². The van der Waals surface area contributed by atoms with Gasteiger partial charge in [-0.05, 0) is 13.0 Å². The number of aromatic nitrogens is 3. The highest BCUT2D eigenvalue weighted by atomic mass is 16.5. The molecule has 3 heterocycles. The number of ether oxygens (including phenoxy) is 1. The Bertz CT molecular complexity index is 645. The van der Waals surface area contributed by atoms with Gasteiger partial charge in [0, 0.05) is 45.2 Å². The van der Waals surface area contributed by atoms with Crippen LogP contribution in [0.25, 0.3) is 0 Å². The molecule has 1 fully saturated rings. The number of methoxy groups -OCH3 is 1.